The maximum atomic E-state index is 12.6. The van der Waals surface area contributed by atoms with Crippen LogP contribution in [0.25, 0.3) is 0 Å². The molecule has 6 heteroatoms. The molecule has 0 N–H and O–H groups in total. The van der Waals surface area contributed by atoms with Gasteiger partial charge in [0.15, 0.2) is 0 Å². The van der Waals surface area contributed by atoms with Crippen molar-refractivity contribution >= 4 is 23.2 Å². The highest BCUT2D eigenvalue weighted by molar-refractivity contribution is 6.50. The molecule has 5 nitrogen and oxygen atoms in total. The number of rotatable bonds is 6. The molecular weight excluding hydrogens is 398 g/mol. The summed E-state index contributed by atoms with van der Waals surface area (Å²) in [5.41, 5.74) is 1.03. The molecule has 2 aromatic carbocycles. The molecule has 0 atom stereocenters. The van der Waals surface area contributed by atoms with E-state index in [9.17, 15) is 14.9 Å². The van der Waals surface area contributed by atoms with E-state index in [-0.39, 0.29) is 10.6 Å². The van der Waals surface area contributed by atoms with Crippen molar-refractivity contribution in [2.24, 2.45) is 0 Å². The minimum absolute atomic E-state index is 0.0941. The summed E-state index contributed by atoms with van der Waals surface area (Å²) < 4.78 is 0. The van der Waals surface area contributed by atoms with E-state index in [0.29, 0.717) is 13.1 Å². The Kier molecular flexibility index (Phi) is 6.60. The molecule has 0 aliphatic heterocycles. The Morgan fingerprint density at radius 1 is 0.800 bits per heavy atom. The first-order valence-corrected chi connectivity index (χ1v) is 9.46. The first kappa shape index (κ1) is 20.8. The van der Waals surface area contributed by atoms with Crippen LogP contribution in [0.15, 0.2) is 94.7 Å². The summed E-state index contributed by atoms with van der Waals surface area (Å²) in [7, 11) is 0. The molecule has 2 aromatic rings. The summed E-state index contributed by atoms with van der Waals surface area (Å²) in [5.74, 6) is -1.54. The van der Waals surface area contributed by atoms with Crippen LogP contribution in [0.4, 0.5) is 0 Å². The maximum Gasteiger partial charge on any atom is 0.217 e. The van der Waals surface area contributed by atoms with E-state index in [0.717, 1.165) is 11.1 Å². The highest BCUT2D eigenvalue weighted by atomic mass is 35.5. The summed E-state index contributed by atoms with van der Waals surface area (Å²) in [6.07, 6.45) is 3.11. The number of halogens is 1. The number of hydrogen-bond acceptors (Lipinski definition) is 5. The van der Waals surface area contributed by atoms with Gasteiger partial charge in [-0.25, -0.2) is 0 Å². The van der Waals surface area contributed by atoms with Crippen LogP contribution in [-0.4, -0.2) is 16.5 Å². The maximum absolute atomic E-state index is 12.6. The average molecular weight is 414 g/mol. The summed E-state index contributed by atoms with van der Waals surface area (Å²) in [6, 6.07) is 22.8. The van der Waals surface area contributed by atoms with Crippen molar-refractivity contribution in [3.8, 4) is 12.1 Å². The quantitative estimate of drug-likeness (QED) is 0.663. The molecular formula is C24H16ClN3O2. The minimum atomic E-state index is -0.812. The van der Waals surface area contributed by atoms with Crippen molar-refractivity contribution in [3.05, 3.63) is 106 Å². The minimum Gasteiger partial charge on any atom is -0.369 e. The third kappa shape index (κ3) is 4.55. The van der Waals surface area contributed by atoms with E-state index < -0.39 is 22.7 Å². The lowest BCUT2D eigenvalue weighted by Gasteiger charge is -2.21. The predicted molar refractivity (Wildman–Crippen MR) is 112 cm³/mol. The highest BCUT2D eigenvalue weighted by Crippen LogP contribution is 2.28. The van der Waals surface area contributed by atoms with E-state index >= 15 is 0 Å². The van der Waals surface area contributed by atoms with E-state index in [2.05, 4.69) is 0 Å². The first-order chi connectivity index (χ1) is 14.5. The fraction of sp³-hybridized carbons (Fsp3) is 0.0833. The van der Waals surface area contributed by atoms with Crippen molar-refractivity contribution in [1.29, 1.82) is 10.5 Å². The number of allylic oxidation sites excluding steroid dienone is 5. The second-order valence-electron chi connectivity index (χ2n) is 6.55. The average Bonchev–Trinajstić information content (AvgIpc) is 2.77. The van der Waals surface area contributed by atoms with E-state index in [1.54, 1.807) is 18.3 Å². The molecule has 146 valence electrons. The second kappa shape index (κ2) is 9.52. The van der Waals surface area contributed by atoms with Crippen LogP contribution in [0.2, 0.25) is 0 Å². The number of carbonyl (C=O) groups excluding carboxylic acids is 2. The fourth-order valence-electron chi connectivity index (χ4n) is 3.03. The van der Waals surface area contributed by atoms with Gasteiger partial charge in [0.25, 0.3) is 0 Å². The Bertz CT molecular complexity index is 1110. The Balaban J connectivity index is 1.92. The molecule has 0 saturated carbocycles. The fourth-order valence-corrected chi connectivity index (χ4v) is 3.28. The Hall–Kier alpha value is -3.93. The van der Waals surface area contributed by atoms with Gasteiger partial charge in [-0.3, -0.25) is 9.59 Å². The number of nitriles is 2. The molecule has 0 amide bonds. The molecule has 3 rings (SSSR count). The van der Waals surface area contributed by atoms with E-state index in [1.807, 2.05) is 65.6 Å². The van der Waals surface area contributed by atoms with Gasteiger partial charge < -0.3 is 4.90 Å². The normalized spacial score (nSPS) is 14.1. The van der Waals surface area contributed by atoms with Crippen LogP contribution in [0.1, 0.15) is 11.1 Å². The number of Topliss-reactive ketones (excluding diaryl/α,β-unsaturated/α-hetero) is 2. The number of nitrogens with zero attached hydrogens (tertiary/aromatic N) is 3. The molecule has 30 heavy (non-hydrogen) atoms. The van der Waals surface area contributed by atoms with E-state index in [4.69, 9.17) is 16.9 Å². The Morgan fingerprint density at radius 3 is 1.73 bits per heavy atom. The molecule has 0 aromatic heterocycles. The van der Waals surface area contributed by atoms with Gasteiger partial charge in [-0.05, 0) is 17.2 Å². The molecule has 0 radical (unpaired) electrons. The summed E-state index contributed by atoms with van der Waals surface area (Å²) in [4.78, 5) is 26.9. The Morgan fingerprint density at radius 2 is 1.27 bits per heavy atom. The van der Waals surface area contributed by atoms with Gasteiger partial charge in [0, 0.05) is 24.9 Å². The van der Waals surface area contributed by atoms with E-state index in [1.165, 1.54) is 6.08 Å². The Labute approximate surface area is 179 Å². The third-order valence-electron chi connectivity index (χ3n) is 4.52. The van der Waals surface area contributed by atoms with Gasteiger partial charge in [-0.15, -0.1) is 0 Å². The van der Waals surface area contributed by atoms with Crippen LogP contribution in [-0.2, 0) is 22.7 Å². The molecule has 0 saturated heterocycles. The van der Waals surface area contributed by atoms with Crippen molar-refractivity contribution in [2.75, 3.05) is 0 Å². The van der Waals surface area contributed by atoms with Crippen LogP contribution in [0.5, 0.6) is 0 Å². The molecule has 0 unspecified atom stereocenters. The zero-order valence-corrected chi connectivity index (χ0v) is 16.6. The topological polar surface area (TPSA) is 85.0 Å². The van der Waals surface area contributed by atoms with Crippen molar-refractivity contribution in [2.45, 2.75) is 13.1 Å². The summed E-state index contributed by atoms with van der Waals surface area (Å²) in [5, 5.41) is 18.0. The highest BCUT2D eigenvalue weighted by Gasteiger charge is 2.33. The molecule has 1 aliphatic carbocycles. The smallest absolute Gasteiger partial charge is 0.217 e. The number of hydrogen-bond donors (Lipinski definition) is 0. The molecule has 0 spiro atoms. The van der Waals surface area contributed by atoms with Gasteiger partial charge in [-0.1, -0.05) is 72.3 Å². The monoisotopic (exact) mass is 413 g/mol. The van der Waals surface area contributed by atoms with Crippen molar-refractivity contribution in [3.63, 3.8) is 0 Å². The first-order valence-electron chi connectivity index (χ1n) is 9.09. The van der Waals surface area contributed by atoms with Crippen LogP contribution in [0.3, 0.4) is 0 Å². The van der Waals surface area contributed by atoms with Crippen LogP contribution in [0, 0.1) is 22.7 Å². The summed E-state index contributed by atoms with van der Waals surface area (Å²) in [6.45, 7) is 1.12. The molecule has 1 aliphatic rings. The predicted octanol–water partition coefficient (Wildman–Crippen LogP) is 4.19. The lowest BCUT2D eigenvalue weighted by molar-refractivity contribution is -0.115. The molecule has 0 heterocycles. The van der Waals surface area contributed by atoms with Gasteiger partial charge in [-0.2, -0.15) is 10.5 Å². The van der Waals surface area contributed by atoms with Crippen LogP contribution < -0.4 is 0 Å². The SMILES string of the molecule is N#CC1=C(C#N)C(=O)C(/C=C/N(Cc2ccccc2)Cc2ccccc2)=C(Cl)C1=O. The van der Waals surface area contributed by atoms with Crippen molar-refractivity contribution < 1.29 is 9.59 Å². The largest absolute Gasteiger partial charge is 0.369 e. The number of benzene rings is 2. The lowest BCUT2D eigenvalue weighted by atomic mass is 9.90. The van der Waals surface area contributed by atoms with Crippen molar-refractivity contribution in [1.82, 2.24) is 4.90 Å². The number of carbonyl (C=O) groups is 2. The molecule has 0 fully saturated rings. The summed E-state index contributed by atoms with van der Waals surface area (Å²) >= 11 is 6.07. The zero-order valence-electron chi connectivity index (χ0n) is 15.9. The zero-order chi connectivity index (χ0) is 21.5. The molecule has 0 bridgehead atoms. The van der Waals surface area contributed by atoms with Gasteiger partial charge in [0.05, 0.1) is 0 Å². The van der Waals surface area contributed by atoms with Gasteiger partial charge >= 0.3 is 0 Å². The second-order valence-corrected chi connectivity index (χ2v) is 6.93. The van der Waals surface area contributed by atoms with Gasteiger partial charge in [0.2, 0.25) is 11.6 Å². The van der Waals surface area contributed by atoms with Gasteiger partial charge in [0.1, 0.15) is 28.3 Å². The lowest BCUT2D eigenvalue weighted by Crippen LogP contribution is -2.21. The number of ketones is 2. The standard InChI is InChI=1S/C24H16ClN3O2/c25-22-19(23(29)20(13-26)21(14-27)24(22)30)11-12-28(15-17-7-3-1-4-8-17)16-18-9-5-2-6-10-18/h1-12H,15-16H2/b12-11+. The third-order valence-corrected chi connectivity index (χ3v) is 4.89. The van der Waals surface area contributed by atoms with Crippen LogP contribution >= 0.6 is 11.6 Å².